The van der Waals surface area contributed by atoms with Gasteiger partial charge in [-0.3, -0.25) is 4.79 Å². The van der Waals surface area contributed by atoms with E-state index in [1.54, 1.807) is 16.8 Å². The van der Waals surface area contributed by atoms with Gasteiger partial charge in [0.05, 0.1) is 18.1 Å². The molecular formula is C15H21N3O3S. The van der Waals surface area contributed by atoms with Gasteiger partial charge in [-0.05, 0) is 25.7 Å². The van der Waals surface area contributed by atoms with Crippen LogP contribution in [-0.4, -0.2) is 59.1 Å². The molecular weight excluding hydrogens is 302 g/mol. The molecule has 1 atom stereocenters. The second-order valence-electron chi connectivity index (χ2n) is 6.11. The Bertz CT molecular complexity index is 588. The lowest BCUT2D eigenvalue weighted by atomic mass is 9.92. The molecule has 6 nitrogen and oxygen atoms in total. The highest BCUT2D eigenvalue weighted by Crippen LogP contribution is 2.32. The first-order valence-corrected chi connectivity index (χ1v) is 8.59. The number of aryl methyl sites for hydroxylation is 1. The summed E-state index contributed by atoms with van der Waals surface area (Å²) in [5.74, 6) is -0.0525. The van der Waals surface area contributed by atoms with Crippen molar-refractivity contribution in [1.29, 1.82) is 0 Å². The maximum Gasteiger partial charge on any atom is 0.410 e. The number of thiazole rings is 1. The zero-order chi connectivity index (χ0) is 15.7. The first kappa shape index (κ1) is 15.3. The van der Waals surface area contributed by atoms with Gasteiger partial charge in [-0.2, -0.15) is 0 Å². The molecule has 1 unspecified atom stereocenters. The van der Waals surface area contributed by atoms with Gasteiger partial charge < -0.3 is 14.5 Å². The average molecular weight is 323 g/mol. The number of nitrogens with zero attached hydrogens (tertiary/aromatic N) is 3. The Balaban J connectivity index is 1.71. The third kappa shape index (κ3) is 2.82. The van der Waals surface area contributed by atoms with Gasteiger partial charge in [0, 0.05) is 19.0 Å². The Morgan fingerprint density at radius 2 is 2.32 bits per heavy atom. The van der Waals surface area contributed by atoms with Gasteiger partial charge in [-0.25, -0.2) is 9.78 Å². The second-order valence-corrected chi connectivity index (χ2v) is 7.06. The zero-order valence-electron chi connectivity index (χ0n) is 13.0. The monoisotopic (exact) mass is 323 g/mol. The zero-order valence-corrected chi connectivity index (χ0v) is 13.8. The quantitative estimate of drug-likeness (QED) is 0.855. The largest absolute Gasteiger partial charge is 0.439 e. The van der Waals surface area contributed by atoms with Gasteiger partial charge in [0.2, 0.25) is 0 Å². The molecule has 22 heavy (non-hydrogen) atoms. The topological polar surface area (TPSA) is 62.7 Å². The Morgan fingerprint density at radius 1 is 1.50 bits per heavy atom. The third-order valence-electron chi connectivity index (χ3n) is 4.20. The summed E-state index contributed by atoms with van der Waals surface area (Å²) >= 11 is 1.54. The number of hydrogen-bond acceptors (Lipinski definition) is 5. The molecule has 2 fully saturated rings. The summed E-state index contributed by atoms with van der Waals surface area (Å²) in [6, 6.07) is 0. The number of carbonyl (C=O) groups is 2. The van der Waals surface area contributed by atoms with E-state index in [9.17, 15) is 9.59 Å². The van der Waals surface area contributed by atoms with Crippen LogP contribution in [0.2, 0.25) is 0 Å². The number of likely N-dealkylation sites (tertiary alicyclic amines) is 1. The van der Waals surface area contributed by atoms with Crippen molar-refractivity contribution in [3.63, 3.8) is 0 Å². The summed E-state index contributed by atoms with van der Waals surface area (Å²) in [7, 11) is 1.73. The van der Waals surface area contributed by atoms with Gasteiger partial charge >= 0.3 is 6.09 Å². The predicted octanol–water partition coefficient (Wildman–Crippen LogP) is 2.15. The SMILES string of the molecule is CCCc1nc(C(=O)N2CCCC3(CN(C)C(=O)O3)C2)cs1. The molecule has 2 aliphatic heterocycles. The molecule has 0 bridgehead atoms. The molecule has 2 aliphatic rings. The summed E-state index contributed by atoms with van der Waals surface area (Å²) in [5, 5.41) is 2.84. The van der Waals surface area contributed by atoms with Crippen LogP contribution in [0.25, 0.3) is 0 Å². The minimum Gasteiger partial charge on any atom is -0.439 e. The minimum absolute atomic E-state index is 0.0525. The van der Waals surface area contributed by atoms with Crippen LogP contribution in [-0.2, 0) is 11.2 Å². The fourth-order valence-electron chi connectivity index (χ4n) is 3.18. The number of aromatic nitrogens is 1. The van der Waals surface area contributed by atoms with E-state index in [0.29, 0.717) is 25.3 Å². The summed E-state index contributed by atoms with van der Waals surface area (Å²) in [4.78, 5) is 32.1. The van der Waals surface area contributed by atoms with Gasteiger partial charge in [-0.15, -0.1) is 11.3 Å². The molecule has 3 rings (SSSR count). The van der Waals surface area contributed by atoms with Gasteiger partial charge in [0.1, 0.15) is 11.3 Å². The number of amides is 2. The fourth-order valence-corrected chi connectivity index (χ4v) is 4.05. The Hall–Kier alpha value is -1.63. The molecule has 1 aromatic heterocycles. The van der Waals surface area contributed by atoms with Crippen LogP contribution in [0.3, 0.4) is 0 Å². The average Bonchev–Trinajstić information content (AvgIpc) is 3.04. The molecule has 1 spiro atoms. The molecule has 3 heterocycles. The predicted molar refractivity (Wildman–Crippen MR) is 83.1 cm³/mol. The number of piperidine rings is 1. The van der Waals surface area contributed by atoms with E-state index in [2.05, 4.69) is 11.9 Å². The van der Waals surface area contributed by atoms with Crippen molar-refractivity contribution in [3.8, 4) is 0 Å². The highest BCUT2D eigenvalue weighted by molar-refractivity contribution is 7.09. The van der Waals surface area contributed by atoms with Crippen molar-refractivity contribution in [2.24, 2.45) is 0 Å². The van der Waals surface area contributed by atoms with E-state index < -0.39 is 5.60 Å². The van der Waals surface area contributed by atoms with Crippen LogP contribution in [0.15, 0.2) is 5.38 Å². The van der Waals surface area contributed by atoms with Crippen molar-refractivity contribution in [1.82, 2.24) is 14.8 Å². The summed E-state index contributed by atoms with van der Waals surface area (Å²) < 4.78 is 5.54. The van der Waals surface area contributed by atoms with Gasteiger partial charge in [-0.1, -0.05) is 6.92 Å². The molecule has 120 valence electrons. The molecule has 7 heteroatoms. The van der Waals surface area contributed by atoms with E-state index in [4.69, 9.17) is 4.74 Å². The number of likely N-dealkylation sites (N-methyl/N-ethyl adjacent to an activating group) is 1. The molecule has 2 saturated heterocycles. The van der Waals surface area contributed by atoms with Crippen molar-refractivity contribution in [2.45, 2.75) is 38.2 Å². The molecule has 2 amide bonds. The number of ether oxygens (including phenoxy) is 1. The van der Waals surface area contributed by atoms with Crippen molar-refractivity contribution in [3.05, 3.63) is 16.1 Å². The summed E-state index contributed by atoms with van der Waals surface area (Å²) in [5.41, 5.74) is -0.0228. The van der Waals surface area contributed by atoms with E-state index in [1.165, 1.54) is 11.3 Å². The van der Waals surface area contributed by atoms with Crippen molar-refractivity contribution in [2.75, 3.05) is 26.7 Å². The van der Waals surface area contributed by atoms with E-state index >= 15 is 0 Å². The number of carbonyl (C=O) groups excluding carboxylic acids is 2. The third-order valence-corrected chi connectivity index (χ3v) is 5.11. The Labute approximate surface area is 134 Å². The van der Waals surface area contributed by atoms with E-state index in [1.807, 2.05) is 5.38 Å². The second kappa shape index (κ2) is 5.87. The number of hydrogen-bond donors (Lipinski definition) is 0. The maximum absolute atomic E-state index is 12.6. The summed E-state index contributed by atoms with van der Waals surface area (Å²) in [6.07, 6.45) is 3.29. The highest BCUT2D eigenvalue weighted by atomic mass is 32.1. The molecule has 0 aliphatic carbocycles. The lowest BCUT2D eigenvalue weighted by molar-refractivity contribution is -0.00538. The highest BCUT2D eigenvalue weighted by Gasteiger charge is 2.47. The normalized spacial score (nSPS) is 24.9. The van der Waals surface area contributed by atoms with Gasteiger partial charge in [0.25, 0.3) is 5.91 Å². The van der Waals surface area contributed by atoms with Crippen LogP contribution in [0.1, 0.15) is 41.7 Å². The molecule has 0 N–H and O–H groups in total. The lowest BCUT2D eigenvalue weighted by Crippen LogP contribution is -2.52. The number of rotatable bonds is 3. The van der Waals surface area contributed by atoms with E-state index in [0.717, 1.165) is 30.7 Å². The van der Waals surface area contributed by atoms with E-state index in [-0.39, 0.29) is 12.0 Å². The molecule has 0 radical (unpaired) electrons. The smallest absolute Gasteiger partial charge is 0.410 e. The van der Waals surface area contributed by atoms with Crippen LogP contribution in [0.4, 0.5) is 4.79 Å². The first-order chi connectivity index (χ1) is 10.5. The molecule has 0 saturated carbocycles. The fraction of sp³-hybridized carbons (Fsp3) is 0.667. The molecule has 1 aromatic rings. The summed E-state index contributed by atoms with van der Waals surface area (Å²) in [6.45, 7) is 3.81. The maximum atomic E-state index is 12.6. The Morgan fingerprint density at radius 3 is 3.00 bits per heavy atom. The van der Waals surface area contributed by atoms with Crippen LogP contribution in [0, 0.1) is 0 Å². The first-order valence-electron chi connectivity index (χ1n) is 7.71. The minimum atomic E-state index is -0.540. The Kier molecular flexibility index (Phi) is 4.08. The van der Waals surface area contributed by atoms with Crippen LogP contribution >= 0.6 is 11.3 Å². The van der Waals surface area contributed by atoms with Crippen molar-refractivity contribution >= 4 is 23.3 Å². The lowest BCUT2D eigenvalue weighted by Gasteiger charge is -2.38. The molecule has 0 aromatic carbocycles. The standard InChI is InChI=1S/C15H21N3O3S/c1-3-5-12-16-11(8-22-12)13(19)18-7-4-6-15(10-18)9-17(2)14(20)21-15/h8H,3-7,9-10H2,1-2H3. The van der Waals surface area contributed by atoms with Gasteiger partial charge in [0.15, 0.2) is 0 Å². The van der Waals surface area contributed by atoms with Crippen LogP contribution < -0.4 is 0 Å². The van der Waals surface area contributed by atoms with Crippen LogP contribution in [0.5, 0.6) is 0 Å². The van der Waals surface area contributed by atoms with Crippen molar-refractivity contribution < 1.29 is 14.3 Å².